The number of benzene rings is 1. The Bertz CT molecular complexity index is 634. The first-order chi connectivity index (χ1) is 7.75. The Balaban J connectivity index is 2.25. The lowest BCUT2D eigenvalue weighted by atomic mass is 10.3. The molecule has 0 fully saturated rings. The molecular weight excluding hydrogens is 218 g/mol. The van der Waals surface area contributed by atoms with Gasteiger partial charge in [0.05, 0.1) is 21.6 Å². The van der Waals surface area contributed by atoms with Crippen LogP contribution in [0.25, 0.3) is 15.9 Å². The fourth-order valence-corrected chi connectivity index (χ4v) is 2.62. The minimum absolute atomic E-state index is 0.772. The van der Waals surface area contributed by atoms with Crippen molar-refractivity contribution in [1.29, 1.82) is 0 Å². The van der Waals surface area contributed by atoms with E-state index in [1.165, 1.54) is 4.70 Å². The molecule has 0 radical (unpaired) electrons. The molecular formula is C12H11N3S. The van der Waals surface area contributed by atoms with Crippen molar-refractivity contribution in [2.45, 2.75) is 6.92 Å². The second-order valence-electron chi connectivity index (χ2n) is 3.72. The average molecular weight is 229 g/mol. The molecule has 16 heavy (non-hydrogen) atoms. The molecule has 0 spiro atoms. The summed E-state index contributed by atoms with van der Waals surface area (Å²) in [4.78, 5) is 0. The summed E-state index contributed by atoms with van der Waals surface area (Å²) in [5, 5.41) is 6.63. The lowest BCUT2D eigenvalue weighted by molar-refractivity contribution is 0.889. The molecule has 0 saturated heterocycles. The Labute approximate surface area is 97.1 Å². The van der Waals surface area contributed by atoms with Gasteiger partial charge in [-0.3, -0.25) is 0 Å². The fraction of sp³-hybridized carbons (Fsp3) is 0.0833. The summed E-state index contributed by atoms with van der Waals surface area (Å²) in [6, 6.07) is 9.85. The van der Waals surface area contributed by atoms with Crippen LogP contribution in [0.4, 0.5) is 5.69 Å². The van der Waals surface area contributed by atoms with Crippen LogP contribution in [0.3, 0.4) is 0 Å². The predicted octanol–water partition coefficient (Wildman–Crippen LogP) is 2.98. The Morgan fingerprint density at radius 3 is 2.69 bits per heavy atom. The Hall–Kier alpha value is -1.81. The molecule has 0 bridgehead atoms. The van der Waals surface area contributed by atoms with Gasteiger partial charge in [0.2, 0.25) is 0 Å². The van der Waals surface area contributed by atoms with E-state index in [-0.39, 0.29) is 0 Å². The molecule has 2 aromatic heterocycles. The molecule has 2 N–H and O–H groups in total. The summed E-state index contributed by atoms with van der Waals surface area (Å²) >= 11 is 1.72. The van der Waals surface area contributed by atoms with Gasteiger partial charge in [-0.25, -0.2) is 4.68 Å². The van der Waals surface area contributed by atoms with E-state index in [4.69, 9.17) is 5.73 Å². The molecule has 2 heterocycles. The molecule has 0 saturated carbocycles. The minimum atomic E-state index is 0.772. The largest absolute Gasteiger partial charge is 0.399 e. The second-order valence-corrected chi connectivity index (χ2v) is 4.64. The van der Waals surface area contributed by atoms with Crippen LogP contribution in [0.2, 0.25) is 0 Å². The van der Waals surface area contributed by atoms with Crippen molar-refractivity contribution in [2.75, 3.05) is 5.73 Å². The molecule has 0 atom stereocenters. The first-order valence-corrected chi connectivity index (χ1v) is 5.92. The molecule has 1 aromatic carbocycles. The summed E-state index contributed by atoms with van der Waals surface area (Å²) in [5.41, 5.74) is 9.72. The van der Waals surface area contributed by atoms with Gasteiger partial charge in [0.15, 0.2) is 0 Å². The van der Waals surface area contributed by atoms with Gasteiger partial charge in [-0.15, -0.1) is 11.3 Å². The van der Waals surface area contributed by atoms with E-state index in [0.717, 1.165) is 22.6 Å². The number of fused-ring (bicyclic) bond motifs is 1. The summed E-state index contributed by atoms with van der Waals surface area (Å²) in [7, 11) is 0. The maximum atomic E-state index is 5.67. The predicted molar refractivity (Wildman–Crippen MR) is 68.1 cm³/mol. The van der Waals surface area contributed by atoms with Crippen molar-refractivity contribution in [3.8, 4) is 5.69 Å². The van der Waals surface area contributed by atoms with Crippen LogP contribution in [0, 0.1) is 6.92 Å². The molecule has 4 heteroatoms. The average Bonchev–Trinajstić information content (AvgIpc) is 2.84. The lowest BCUT2D eigenvalue weighted by Gasteiger charge is -2.02. The number of thiophene rings is 1. The maximum Gasteiger partial charge on any atom is 0.0851 e. The molecule has 0 aliphatic rings. The number of nitrogen functional groups attached to an aromatic ring is 1. The molecule has 0 amide bonds. The van der Waals surface area contributed by atoms with Crippen LogP contribution in [0.5, 0.6) is 0 Å². The zero-order chi connectivity index (χ0) is 11.1. The number of aryl methyl sites for hydroxylation is 1. The van der Waals surface area contributed by atoms with Gasteiger partial charge < -0.3 is 5.73 Å². The zero-order valence-electron chi connectivity index (χ0n) is 8.84. The number of nitrogens with zero attached hydrogens (tertiary/aromatic N) is 2. The number of rotatable bonds is 1. The van der Waals surface area contributed by atoms with Crippen molar-refractivity contribution in [2.24, 2.45) is 0 Å². The van der Waals surface area contributed by atoms with Crippen molar-refractivity contribution in [3.63, 3.8) is 0 Å². The molecule has 0 aliphatic carbocycles. The van der Waals surface area contributed by atoms with E-state index in [1.807, 2.05) is 35.9 Å². The van der Waals surface area contributed by atoms with Gasteiger partial charge in [0.1, 0.15) is 0 Å². The summed E-state index contributed by atoms with van der Waals surface area (Å²) in [6.07, 6.45) is 0. The summed E-state index contributed by atoms with van der Waals surface area (Å²) < 4.78 is 3.21. The number of hydrogen-bond donors (Lipinski definition) is 1. The highest BCUT2D eigenvalue weighted by atomic mass is 32.1. The van der Waals surface area contributed by atoms with Crippen LogP contribution in [0.15, 0.2) is 35.7 Å². The summed E-state index contributed by atoms with van der Waals surface area (Å²) in [6.45, 7) is 2.03. The highest BCUT2D eigenvalue weighted by Crippen LogP contribution is 2.26. The van der Waals surface area contributed by atoms with Crippen molar-refractivity contribution in [3.05, 3.63) is 41.4 Å². The van der Waals surface area contributed by atoms with E-state index in [1.54, 1.807) is 11.3 Å². The van der Waals surface area contributed by atoms with E-state index < -0.39 is 0 Å². The van der Waals surface area contributed by atoms with E-state index in [9.17, 15) is 0 Å². The molecule has 0 aliphatic heterocycles. The van der Waals surface area contributed by atoms with E-state index >= 15 is 0 Å². The third kappa shape index (κ3) is 1.31. The van der Waals surface area contributed by atoms with Gasteiger partial charge >= 0.3 is 0 Å². The first-order valence-electron chi connectivity index (χ1n) is 5.04. The van der Waals surface area contributed by atoms with Crippen LogP contribution < -0.4 is 5.73 Å². The highest BCUT2D eigenvalue weighted by molar-refractivity contribution is 7.17. The Morgan fingerprint density at radius 2 is 1.94 bits per heavy atom. The minimum Gasteiger partial charge on any atom is -0.399 e. The van der Waals surface area contributed by atoms with Gasteiger partial charge in [-0.2, -0.15) is 5.10 Å². The van der Waals surface area contributed by atoms with Crippen LogP contribution in [0.1, 0.15) is 5.69 Å². The third-order valence-corrected chi connectivity index (χ3v) is 3.60. The SMILES string of the molecule is Cc1nn(-c2ccc(N)cc2)c2ccsc12. The smallest absolute Gasteiger partial charge is 0.0851 e. The van der Waals surface area contributed by atoms with Crippen molar-refractivity contribution in [1.82, 2.24) is 9.78 Å². The zero-order valence-corrected chi connectivity index (χ0v) is 9.66. The van der Waals surface area contributed by atoms with Crippen LogP contribution >= 0.6 is 11.3 Å². The van der Waals surface area contributed by atoms with E-state index in [2.05, 4.69) is 16.5 Å². The standard InChI is InChI=1S/C12H11N3S/c1-8-12-11(6-7-16-12)15(14-8)10-4-2-9(13)3-5-10/h2-7H,13H2,1H3. The fourth-order valence-electron chi connectivity index (χ4n) is 1.80. The van der Waals surface area contributed by atoms with Gasteiger partial charge in [-0.05, 0) is 42.6 Å². The van der Waals surface area contributed by atoms with Crippen LogP contribution in [-0.4, -0.2) is 9.78 Å². The van der Waals surface area contributed by atoms with Crippen LogP contribution in [-0.2, 0) is 0 Å². The van der Waals surface area contributed by atoms with Gasteiger partial charge in [0, 0.05) is 5.69 Å². The number of nitrogens with two attached hydrogens (primary N) is 1. The monoisotopic (exact) mass is 229 g/mol. The molecule has 3 aromatic rings. The number of aromatic nitrogens is 2. The van der Waals surface area contributed by atoms with Gasteiger partial charge in [-0.1, -0.05) is 0 Å². The van der Waals surface area contributed by atoms with E-state index in [0.29, 0.717) is 0 Å². The molecule has 0 unspecified atom stereocenters. The molecule has 3 nitrogen and oxygen atoms in total. The molecule has 3 rings (SSSR count). The normalized spacial score (nSPS) is 11.1. The Kier molecular flexibility index (Phi) is 1.97. The lowest BCUT2D eigenvalue weighted by Crippen LogP contribution is -1.96. The first kappa shape index (κ1) is 9.42. The van der Waals surface area contributed by atoms with Gasteiger partial charge in [0.25, 0.3) is 0 Å². The third-order valence-electron chi connectivity index (χ3n) is 2.59. The quantitative estimate of drug-likeness (QED) is 0.652. The van der Waals surface area contributed by atoms with Crippen molar-refractivity contribution < 1.29 is 0 Å². The molecule has 80 valence electrons. The Morgan fingerprint density at radius 1 is 1.19 bits per heavy atom. The maximum absolute atomic E-state index is 5.67. The topological polar surface area (TPSA) is 43.8 Å². The van der Waals surface area contributed by atoms with Crippen molar-refractivity contribution >= 4 is 27.2 Å². The second kappa shape index (κ2) is 3.35. The number of hydrogen-bond acceptors (Lipinski definition) is 3. The number of anilines is 1. The summed E-state index contributed by atoms with van der Waals surface area (Å²) in [5.74, 6) is 0. The highest BCUT2D eigenvalue weighted by Gasteiger charge is 2.09.